The maximum absolute atomic E-state index is 12.1. The third-order valence-electron chi connectivity index (χ3n) is 4.10. The molecule has 1 aliphatic rings. The summed E-state index contributed by atoms with van der Waals surface area (Å²) in [5.74, 6) is 0. The number of aryl methyl sites for hydroxylation is 2. The SMILES string of the molecule is CCn1nncc1CNC(=O)N[C@@H]1CCCc2ccccc21. The maximum atomic E-state index is 12.1. The summed E-state index contributed by atoms with van der Waals surface area (Å²) in [5.41, 5.74) is 3.48. The van der Waals surface area contributed by atoms with Gasteiger partial charge < -0.3 is 10.6 Å². The summed E-state index contributed by atoms with van der Waals surface area (Å²) >= 11 is 0. The zero-order chi connectivity index (χ0) is 15.4. The van der Waals surface area contributed by atoms with Gasteiger partial charge in [0.2, 0.25) is 0 Å². The van der Waals surface area contributed by atoms with Gasteiger partial charge in [-0.15, -0.1) is 5.10 Å². The number of nitrogens with one attached hydrogen (secondary N) is 2. The van der Waals surface area contributed by atoms with Crippen molar-refractivity contribution >= 4 is 6.03 Å². The van der Waals surface area contributed by atoms with Crippen LogP contribution in [0.25, 0.3) is 0 Å². The highest BCUT2D eigenvalue weighted by molar-refractivity contribution is 5.74. The first-order valence-corrected chi connectivity index (χ1v) is 7.77. The monoisotopic (exact) mass is 299 g/mol. The van der Waals surface area contributed by atoms with E-state index in [0.717, 1.165) is 31.5 Å². The topological polar surface area (TPSA) is 71.8 Å². The highest BCUT2D eigenvalue weighted by Crippen LogP contribution is 2.29. The molecule has 1 atom stereocenters. The Bertz CT molecular complexity index is 651. The van der Waals surface area contributed by atoms with E-state index in [2.05, 4.69) is 39.1 Å². The van der Waals surface area contributed by atoms with Crippen molar-refractivity contribution in [2.75, 3.05) is 0 Å². The quantitative estimate of drug-likeness (QED) is 0.909. The predicted octanol–water partition coefficient (Wildman–Crippen LogP) is 2.17. The van der Waals surface area contributed by atoms with E-state index in [4.69, 9.17) is 0 Å². The van der Waals surface area contributed by atoms with Crippen LogP contribution in [-0.4, -0.2) is 21.0 Å². The molecule has 0 bridgehead atoms. The summed E-state index contributed by atoms with van der Waals surface area (Å²) in [6, 6.07) is 8.29. The van der Waals surface area contributed by atoms with Crippen LogP contribution in [0.4, 0.5) is 4.79 Å². The van der Waals surface area contributed by atoms with Crippen LogP contribution in [-0.2, 0) is 19.5 Å². The zero-order valence-electron chi connectivity index (χ0n) is 12.7. The molecule has 0 saturated carbocycles. The lowest BCUT2D eigenvalue weighted by Crippen LogP contribution is -2.39. The van der Waals surface area contributed by atoms with E-state index in [9.17, 15) is 4.79 Å². The van der Waals surface area contributed by atoms with Gasteiger partial charge >= 0.3 is 6.03 Å². The Morgan fingerprint density at radius 2 is 2.27 bits per heavy atom. The van der Waals surface area contributed by atoms with Gasteiger partial charge in [0.1, 0.15) is 0 Å². The maximum Gasteiger partial charge on any atom is 0.315 e. The van der Waals surface area contributed by atoms with Crippen LogP contribution in [0.5, 0.6) is 0 Å². The summed E-state index contributed by atoms with van der Waals surface area (Å²) in [6.45, 7) is 3.17. The Morgan fingerprint density at radius 1 is 1.41 bits per heavy atom. The molecular formula is C16H21N5O. The van der Waals surface area contributed by atoms with E-state index in [0.29, 0.717) is 6.54 Å². The van der Waals surface area contributed by atoms with Crippen molar-refractivity contribution < 1.29 is 4.79 Å². The minimum absolute atomic E-state index is 0.0964. The summed E-state index contributed by atoms with van der Waals surface area (Å²) in [5, 5.41) is 13.8. The minimum atomic E-state index is -0.148. The van der Waals surface area contributed by atoms with Gasteiger partial charge in [-0.05, 0) is 37.3 Å². The molecule has 1 aromatic carbocycles. The van der Waals surface area contributed by atoms with Crippen LogP contribution in [0.2, 0.25) is 0 Å². The number of fused-ring (bicyclic) bond motifs is 1. The molecule has 2 amide bonds. The van der Waals surface area contributed by atoms with Gasteiger partial charge in [0.15, 0.2) is 0 Å². The lowest BCUT2D eigenvalue weighted by atomic mass is 9.88. The third-order valence-corrected chi connectivity index (χ3v) is 4.10. The fourth-order valence-electron chi connectivity index (χ4n) is 2.97. The zero-order valence-corrected chi connectivity index (χ0v) is 12.7. The molecule has 22 heavy (non-hydrogen) atoms. The van der Waals surface area contributed by atoms with Gasteiger partial charge in [0.05, 0.1) is 24.5 Å². The molecule has 1 aliphatic carbocycles. The molecule has 116 valence electrons. The van der Waals surface area contributed by atoms with Crippen LogP contribution in [0.3, 0.4) is 0 Å². The number of nitrogens with zero attached hydrogens (tertiary/aromatic N) is 3. The first kappa shape index (κ1) is 14.6. The van der Waals surface area contributed by atoms with Crippen LogP contribution >= 0.6 is 0 Å². The second-order valence-corrected chi connectivity index (χ2v) is 5.51. The average molecular weight is 299 g/mol. The van der Waals surface area contributed by atoms with E-state index < -0.39 is 0 Å². The Kier molecular flexibility index (Phi) is 4.37. The van der Waals surface area contributed by atoms with E-state index in [1.54, 1.807) is 10.9 Å². The molecule has 1 heterocycles. The van der Waals surface area contributed by atoms with Crippen molar-refractivity contribution in [3.63, 3.8) is 0 Å². The summed E-state index contributed by atoms with van der Waals surface area (Å²) in [6.07, 6.45) is 4.87. The number of carbonyl (C=O) groups is 1. The van der Waals surface area contributed by atoms with Gasteiger partial charge in [0, 0.05) is 6.54 Å². The van der Waals surface area contributed by atoms with Crippen molar-refractivity contribution in [2.45, 2.75) is 45.3 Å². The van der Waals surface area contributed by atoms with Crippen LogP contribution in [0.15, 0.2) is 30.5 Å². The lowest BCUT2D eigenvalue weighted by Gasteiger charge is -2.26. The highest BCUT2D eigenvalue weighted by Gasteiger charge is 2.21. The number of rotatable bonds is 4. The molecule has 6 heteroatoms. The van der Waals surface area contributed by atoms with Gasteiger partial charge in [0.25, 0.3) is 0 Å². The van der Waals surface area contributed by atoms with Crippen molar-refractivity contribution in [1.29, 1.82) is 0 Å². The summed E-state index contributed by atoms with van der Waals surface area (Å²) in [7, 11) is 0. The van der Waals surface area contributed by atoms with Crippen LogP contribution in [0, 0.1) is 0 Å². The number of carbonyl (C=O) groups excluding carboxylic acids is 1. The average Bonchev–Trinajstić information content (AvgIpc) is 3.01. The number of hydrogen-bond donors (Lipinski definition) is 2. The molecular weight excluding hydrogens is 278 g/mol. The molecule has 0 fully saturated rings. The van der Waals surface area contributed by atoms with E-state index >= 15 is 0 Å². The molecule has 3 rings (SSSR count). The fraction of sp³-hybridized carbons (Fsp3) is 0.438. The van der Waals surface area contributed by atoms with E-state index in [1.165, 1.54) is 11.1 Å². The fourth-order valence-corrected chi connectivity index (χ4v) is 2.97. The molecule has 2 N–H and O–H groups in total. The summed E-state index contributed by atoms with van der Waals surface area (Å²) in [4.78, 5) is 12.1. The van der Waals surface area contributed by atoms with Crippen LogP contribution < -0.4 is 10.6 Å². The largest absolute Gasteiger partial charge is 0.332 e. The molecule has 0 radical (unpaired) electrons. The predicted molar refractivity (Wildman–Crippen MR) is 83.2 cm³/mol. The van der Waals surface area contributed by atoms with Crippen molar-refractivity contribution in [2.24, 2.45) is 0 Å². The number of amides is 2. The second kappa shape index (κ2) is 6.60. The lowest BCUT2D eigenvalue weighted by molar-refractivity contribution is 0.235. The van der Waals surface area contributed by atoms with Crippen molar-refractivity contribution in [1.82, 2.24) is 25.6 Å². The molecule has 1 aromatic heterocycles. The van der Waals surface area contributed by atoms with Gasteiger partial charge in [-0.25, -0.2) is 9.48 Å². The number of aromatic nitrogens is 3. The number of urea groups is 1. The first-order valence-electron chi connectivity index (χ1n) is 7.77. The van der Waals surface area contributed by atoms with Gasteiger partial charge in [-0.1, -0.05) is 29.5 Å². The van der Waals surface area contributed by atoms with Crippen molar-refractivity contribution in [3.05, 3.63) is 47.3 Å². The standard InChI is InChI=1S/C16H21N5O/c1-2-21-13(11-18-20-21)10-17-16(22)19-15-9-5-7-12-6-3-4-8-14(12)15/h3-4,6,8,11,15H,2,5,7,9-10H2,1H3,(H2,17,19,22)/t15-/m1/s1. The Balaban J connectivity index is 1.59. The molecule has 0 unspecified atom stereocenters. The first-order chi connectivity index (χ1) is 10.8. The Morgan fingerprint density at radius 3 is 3.14 bits per heavy atom. The Labute approximate surface area is 129 Å². The van der Waals surface area contributed by atoms with Crippen LogP contribution in [0.1, 0.15) is 42.6 Å². The molecule has 0 saturated heterocycles. The van der Waals surface area contributed by atoms with E-state index in [-0.39, 0.29) is 12.1 Å². The van der Waals surface area contributed by atoms with E-state index in [1.807, 2.05) is 13.0 Å². The van der Waals surface area contributed by atoms with Crippen molar-refractivity contribution in [3.8, 4) is 0 Å². The minimum Gasteiger partial charge on any atom is -0.332 e. The number of benzene rings is 1. The number of hydrogen-bond acceptors (Lipinski definition) is 3. The molecule has 0 spiro atoms. The summed E-state index contributed by atoms with van der Waals surface area (Å²) < 4.78 is 1.77. The van der Waals surface area contributed by atoms with Gasteiger partial charge in [-0.3, -0.25) is 0 Å². The smallest absolute Gasteiger partial charge is 0.315 e. The normalized spacial score (nSPS) is 16.9. The molecule has 0 aliphatic heterocycles. The molecule has 2 aromatic rings. The second-order valence-electron chi connectivity index (χ2n) is 5.51. The Hall–Kier alpha value is -2.37. The van der Waals surface area contributed by atoms with Gasteiger partial charge in [-0.2, -0.15) is 0 Å². The highest BCUT2D eigenvalue weighted by atomic mass is 16.2. The molecule has 6 nitrogen and oxygen atoms in total. The third kappa shape index (κ3) is 3.10.